The van der Waals surface area contributed by atoms with Crippen LogP contribution < -0.4 is 10.2 Å². The fourth-order valence-electron chi connectivity index (χ4n) is 4.98. The van der Waals surface area contributed by atoms with Crippen LogP contribution in [-0.4, -0.2) is 45.2 Å². The number of aromatic amines is 1. The van der Waals surface area contributed by atoms with Crippen molar-refractivity contribution >= 4 is 28.2 Å². The third kappa shape index (κ3) is 4.78. The van der Waals surface area contributed by atoms with Crippen LogP contribution in [-0.2, 0) is 4.74 Å². The van der Waals surface area contributed by atoms with E-state index in [0.29, 0.717) is 0 Å². The minimum atomic E-state index is 0.165. The van der Waals surface area contributed by atoms with Gasteiger partial charge in [0.2, 0.25) is 0 Å². The SMILES string of the molecule is Cc1ccc(Nc2cccc3nc(N4CC(C)OC(C)C4)cnc23)c(-c2ncc(-c3ccccc3)[nH]2)c1. The second-order valence-electron chi connectivity index (χ2n) is 9.75. The molecule has 0 radical (unpaired) electrons. The van der Waals surface area contributed by atoms with Gasteiger partial charge in [-0.1, -0.05) is 48.0 Å². The Morgan fingerprint density at radius 3 is 2.51 bits per heavy atom. The number of H-pyrrole nitrogens is 1. The van der Waals surface area contributed by atoms with E-state index in [1.54, 1.807) is 0 Å². The monoisotopic (exact) mass is 490 g/mol. The Morgan fingerprint density at radius 1 is 0.892 bits per heavy atom. The van der Waals surface area contributed by atoms with E-state index in [2.05, 4.69) is 66.3 Å². The van der Waals surface area contributed by atoms with E-state index in [4.69, 9.17) is 19.7 Å². The van der Waals surface area contributed by atoms with Crippen LogP contribution in [0.1, 0.15) is 19.4 Å². The summed E-state index contributed by atoms with van der Waals surface area (Å²) in [6.45, 7) is 7.90. The maximum atomic E-state index is 5.89. The summed E-state index contributed by atoms with van der Waals surface area (Å²) in [5.41, 5.74) is 7.79. The van der Waals surface area contributed by atoms with Crippen LogP contribution in [0.4, 0.5) is 17.2 Å². The molecule has 0 spiro atoms. The van der Waals surface area contributed by atoms with Gasteiger partial charge in [-0.15, -0.1) is 0 Å². The Balaban J connectivity index is 1.33. The Labute approximate surface area is 216 Å². The number of hydrogen-bond acceptors (Lipinski definition) is 6. The Bertz CT molecular complexity index is 1540. The molecule has 2 N–H and O–H groups in total. The molecule has 0 bridgehead atoms. The van der Waals surface area contributed by atoms with Crippen LogP contribution in [0, 0.1) is 6.92 Å². The van der Waals surface area contributed by atoms with Gasteiger partial charge in [0.1, 0.15) is 17.2 Å². The summed E-state index contributed by atoms with van der Waals surface area (Å²) in [4.78, 5) is 20.2. The van der Waals surface area contributed by atoms with Gasteiger partial charge in [-0.25, -0.2) is 15.0 Å². The zero-order valence-electron chi connectivity index (χ0n) is 21.3. The number of para-hydroxylation sites is 1. The quantitative estimate of drug-likeness (QED) is 0.299. The second kappa shape index (κ2) is 9.67. The van der Waals surface area contributed by atoms with Crippen molar-refractivity contribution in [3.63, 3.8) is 0 Å². The van der Waals surface area contributed by atoms with Gasteiger partial charge in [0.05, 0.1) is 41.5 Å². The molecular weight excluding hydrogens is 460 g/mol. The standard InChI is InChI=1S/C30H30N6O/c1-19-12-13-24(23(14-19)30-32-15-27(35-30)22-8-5-4-6-9-22)33-25-10-7-11-26-29(25)31-16-28(34-26)36-17-20(2)37-21(3)18-36/h4-16,20-21,33H,17-18H2,1-3H3,(H,32,35). The summed E-state index contributed by atoms with van der Waals surface area (Å²) in [5.74, 6) is 1.70. The van der Waals surface area contributed by atoms with Crippen molar-refractivity contribution in [1.29, 1.82) is 0 Å². The Morgan fingerprint density at radius 2 is 1.70 bits per heavy atom. The van der Waals surface area contributed by atoms with Crippen LogP contribution in [0.3, 0.4) is 0 Å². The van der Waals surface area contributed by atoms with E-state index in [1.165, 1.54) is 0 Å². The first-order valence-corrected chi connectivity index (χ1v) is 12.7. The number of benzene rings is 3. The van der Waals surface area contributed by atoms with E-state index in [0.717, 1.165) is 69.5 Å². The number of hydrogen-bond donors (Lipinski definition) is 2. The van der Waals surface area contributed by atoms with Gasteiger partial charge in [-0.05, 0) is 50.6 Å². The number of nitrogens with zero attached hydrogens (tertiary/aromatic N) is 4. The number of aromatic nitrogens is 4. The predicted molar refractivity (Wildman–Crippen MR) is 149 cm³/mol. The normalized spacial score (nSPS) is 17.8. The summed E-state index contributed by atoms with van der Waals surface area (Å²) in [7, 11) is 0. The molecule has 6 rings (SSSR count). The third-order valence-electron chi connectivity index (χ3n) is 6.66. The Kier molecular flexibility index (Phi) is 6.06. The van der Waals surface area contributed by atoms with Crippen molar-refractivity contribution in [3.8, 4) is 22.6 Å². The first-order valence-electron chi connectivity index (χ1n) is 12.7. The lowest BCUT2D eigenvalue weighted by Gasteiger charge is -2.35. The van der Waals surface area contributed by atoms with Gasteiger partial charge in [-0.2, -0.15) is 0 Å². The molecule has 1 saturated heterocycles. The van der Waals surface area contributed by atoms with Crippen LogP contribution in [0.15, 0.2) is 79.1 Å². The molecule has 0 amide bonds. The predicted octanol–water partition coefficient (Wildman–Crippen LogP) is 6.35. The number of nitrogens with one attached hydrogen (secondary N) is 2. The molecule has 2 unspecified atom stereocenters. The van der Waals surface area contributed by atoms with Gasteiger partial charge in [0.15, 0.2) is 0 Å². The highest BCUT2D eigenvalue weighted by Gasteiger charge is 2.24. The minimum absolute atomic E-state index is 0.165. The molecule has 3 heterocycles. The van der Waals surface area contributed by atoms with Crippen LogP contribution in [0.25, 0.3) is 33.7 Å². The van der Waals surface area contributed by atoms with E-state index in [9.17, 15) is 0 Å². The zero-order valence-corrected chi connectivity index (χ0v) is 21.3. The molecule has 5 aromatic rings. The first-order chi connectivity index (χ1) is 18.0. The highest BCUT2D eigenvalue weighted by Crippen LogP contribution is 2.33. The molecular formula is C30H30N6O. The number of morpholine rings is 1. The maximum absolute atomic E-state index is 5.89. The molecule has 7 nitrogen and oxygen atoms in total. The fourth-order valence-corrected chi connectivity index (χ4v) is 4.98. The van der Waals surface area contributed by atoms with Gasteiger partial charge in [0, 0.05) is 24.3 Å². The van der Waals surface area contributed by atoms with Crippen LogP contribution in [0.5, 0.6) is 0 Å². The van der Waals surface area contributed by atoms with Gasteiger partial charge in [0.25, 0.3) is 0 Å². The van der Waals surface area contributed by atoms with Crippen molar-refractivity contribution in [2.24, 2.45) is 0 Å². The summed E-state index contributed by atoms with van der Waals surface area (Å²) in [6.07, 6.45) is 4.08. The Hall–Kier alpha value is -4.23. The zero-order chi connectivity index (χ0) is 25.4. The smallest absolute Gasteiger partial charge is 0.148 e. The lowest BCUT2D eigenvalue weighted by molar-refractivity contribution is -0.00546. The van der Waals surface area contributed by atoms with Crippen molar-refractivity contribution in [1.82, 2.24) is 19.9 Å². The first kappa shape index (κ1) is 23.2. The molecule has 1 aliphatic heterocycles. The number of aryl methyl sites for hydroxylation is 1. The lowest BCUT2D eigenvalue weighted by Crippen LogP contribution is -2.45. The van der Waals surface area contributed by atoms with Crippen molar-refractivity contribution < 1.29 is 4.74 Å². The molecule has 2 aromatic heterocycles. The molecule has 1 fully saturated rings. The van der Waals surface area contributed by atoms with E-state index < -0.39 is 0 Å². The number of imidazole rings is 1. The summed E-state index contributed by atoms with van der Waals surface area (Å²) in [5, 5.41) is 3.61. The van der Waals surface area contributed by atoms with E-state index >= 15 is 0 Å². The molecule has 3 aromatic carbocycles. The van der Waals surface area contributed by atoms with E-state index in [1.807, 2.05) is 48.8 Å². The third-order valence-corrected chi connectivity index (χ3v) is 6.66. The molecule has 186 valence electrons. The molecule has 37 heavy (non-hydrogen) atoms. The van der Waals surface area contributed by atoms with Crippen molar-refractivity contribution in [3.05, 3.63) is 84.7 Å². The van der Waals surface area contributed by atoms with Gasteiger partial charge in [-0.3, -0.25) is 0 Å². The van der Waals surface area contributed by atoms with Gasteiger partial charge < -0.3 is 19.9 Å². The summed E-state index contributed by atoms with van der Waals surface area (Å²) < 4.78 is 5.89. The largest absolute Gasteiger partial charge is 0.372 e. The van der Waals surface area contributed by atoms with Crippen molar-refractivity contribution in [2.45, 2.75) is 33.0 Å². The number of ether oxygens (including phenoxy) is 1. The summed E-state index contributed by atoms with van der Waals surface area (Å²) in [6, 6.07) is 22.6. The molecule has 2 atom stereocenters. The van der Waals surface area contributed by atoms with Crippen LogP contribution in [0.2, 0.25) is 0 Å². The maximum Gasteiger partial charge on any atom is 0.148 e. The fraction of sp³-hybridized carbons (Fsp3) is 0.233. The molecule has 7 heteroatoms. The van der Waals surface area contributed by atoms with Crippen molar-refractivity contribution in [2.75, 3.05) is 23.3 Å². The minimum Gasteiger partial charge on any atom is -0.372 e. The topological polar surface area (TPSA) is 79.0 Å². The number of fused-ring (bicyclic) bond motifs is 1. The number of anilines is 3. The lowest BCUT2D eigenvalue weighted by atomic mass is 10.1. The van der Waals surface area contributed by atoms with E-state index in [-0.39, 0.29) is 12.2 Å². The average Bonchev–Trinajstić information content (AvgIpc) is 3.40. The molecule has 1 aliphatic rings. The highest BCUT2D eigenvalue weighted by atomic mass is 16.5. The molecule has 0 saturated carbocycles. The van der Waals surface area contributed by atoms with Crippen LogP contribution >= 0.6 is 0 Å². The molecule has 0 aliphatic carbocycles. The highest BCUT2D eigenvalue weighted by molar-refractivity contribution is 5.92. The number of rotatable bonds is 5. The average molecular weight is 491 g/mol. The van der Waals surface area contributed by atoms with Gasteiger partial charge >= 0.3 is 0 Å². The second-order valence-corrected chi connectivity index (χ2v) is 9.75. The summed E-state index contributed by atoms with van der Waals surface area (Å²) >= 11 is 0.